The SMILES string of the molecule is CNCCCNC(=O)C(S)C(C)C. The molecule has 4 heteroatoms. The smallest absolute Gasteiger partial charge is 0.233 e. The standard InChI is InChI=1S/C9H20N2OS/c1-7(2)8(13)9(12)11-6-4-5-10-3/h7-8,10,13H,4-6H2,1-3H3,(H,11,12). The van der Waals surface area contributed by atoms with Crippen molar-refractivity contribution in [1.82, 2.24) is 10.6 Å². The lowest BCUT2D eigenvalue weighted by Gasteiger charge is -2.14. The van der Waals surface area contributed by atoms with Crippen LogP contribution in [0.2, 0.25) is 0 Å². The molecule has 0 aliphatic heterocycles. The molecule has 0 saturated heterocycles. The molecule has 1 atom stereocenters. The second kappa shape index (κ2) is 7.21. The third-order valence-electron chi connectivity index (χ3n) is 1.80. The number of amides is 1. The van der Waals surface area contributed by atoms with E-state index in [4.69, 9.17) is 0 Å². The van der Waals surface area contributed by atoms with Gasteiger partial charge >= 0.3 is 0 Å². The van der Waals surface area contributed by atoms with Gasteiger partial charge in [0.05, 0.1) is 5.25 Å². The number of rotatable bonds is 6. The first-order valence-electron chi connectivity index (χ1n) is 4.70. The number of hydrogen-bond acceptors (Lipinski definition) is 3. The molecule has 0 spiro atoms. The summed E-state index contributed by atoms with van der Waals surface area (Å²) in [5.74, 6) is 0.321. The molecule has 0 fully saturated rings. The summed E-state index contributed by atoms with van der Waals surface area (Å²) in [5, 5.41) is 5.68. The van der Waals surface area contributed by atoms with Crippen LogP contribution in [0.15, 0.2) is 0 Å². The fourth-order valence-electron chi connectivity index (χ4n) is 0.884. The Labute approximate surface area is 86.1 Å². The predicted octanol–water partition coefficient (Wildman–Crippen LogP) is 0.666. The minimum Gasteiger partial charge on any atom is -0.355 e. The van der Waals surface area contributed by atoms with Crippen molar-refractivity contribution in [2.75, 3.05) is 20.1 Å². The third kappa shape index (κ3) is 5.93. The molecule has 0 aromatic carbocycles. The van der Waals surface area contributed by atoms with E-state index in [1.54, 1.807) is 0 Å². The highest BCUT2D eigenvalue weighted by Crippen LogP contribution is 2.08. The Hall–Kier alpha value is -0.220. The van der Waals surface area contributed by atoms with Crippen molar-refractivity contribution in [3.8, 4) is 0 Å². The minimum atomic E-state index is -0.186. The zero-order valence-electron chi connectivity index (χ0n) is 8.63. The van der Waals surface area contributed by atoms with Crippen molar-refractivity contribution in [1.29, 1.82) is 0 Å². The van der Waals surface area contributed by atoms with Crippen LogP contribution >= 0.6 is 12.6 Å². The van der Waals surface area contributed by atoms with Crippen LogP contribution in [0.3, 0.4) is 0 Å². The van der Waals surface area contributed by atoms with Crippen molar-refractivity contribution >= 4 is 18.5 Å². The quantitative estimate of drug-likeness (QED) is 0.439. The van der Waals surface area contributed by atoms with Gasteiger partial charge in [0.25, 0.3) is 0 Å². The lowest BCUT2D eigenvalue weighted by Crippen LogP contribution is -2.35. The first kappa shape index (κ1) is 12.8. The monoisotopic (exact) mass is 204 g/mol. The molecule has 0 aliphatic carbocycles. The molecule has 0 radical (unpaired) electrons. The maximum Gasteiger partial charge on any atom is 0.233 e. The molecular weight excluding hydrogens is 184 g/mol. The Kier molecular flexibility index (Phi) is 7.09. The summed E-state index contributed by atoms with van der Waals surface area (Å²) in [6, 6.07) is 0. The van der Waals surface area contributed by atoms with E-state index in [1.807, 2.05) is 20.9 Å². The Morgan fingerprint density at radius 2 is 2.00 bits per heavy atom. The van der Waals surface area contributed by atoms with E-state index in [0.717, 1.165) is 19.5 Å². The van der Waals surface area contributed by atoms with E-state index in [-0.39, 0.29) is 17.1 Å². The van der Waals surface area contributed by atoms with Crippen molar-refractivity contribution < 1.29 is 4.79 Å². The van der Waals surface area contributed by atoms with Gasteiger partial charge in [0.1, 0.15) is 0 Å². The van der Waals surface area contributed by atoms with Gasteiger partial charge in [0.15, 0.2) is 0 Å². The number of carbonyl (C=O) groups is 1. The first-order valence-corrected chi connectivity index (χ1v) is 5.21. The summed E-state index contributed by atoms with van der Waals surface area (Å²) in [6.07, 6.45) is 0.959. The molecule has 13 heavy (non-hydrogen) atoms. The van der Waals surface area contributed by atoms with E-state index >= 15 is 0 Å². The molecule has 3 nitrogen and oxygen atoms in total. The number of thiol groups is 1. The van der Waals surface area contributed by atoms with E-state index in [9.17, 15) is 4.79 Å². The largest absolute Gasteiger partial charge is 0.355 e. The van der Waals surface area contributed by atoms with Crippen molar-refractivity contribution in [2.45, 2.75) is 25.5 Å². The Balaban J connectivity index is 3.50. The lowest BCUT2D eigenvalue weighted by atomic mass is 10.1. The van der Waals surface area contributed by atoms with Crippen LogP contribution < -0.4 is 10.6 Å². The molecule has 0 aromatic rings. The third-order valence-corrected chi connectivity index (χ3v) is 2.63. The Bertz CT molecular complexity index is 151. The lowest BCUT2D eigenvalue weighted by molar-refractivity contribution is -0.121. The van der Waals surface area contributed by atoms with Crippen LogP contribution in [0.1, 0.15) is 20.3 Å². The fourth-order valence-corrected chi connectivity index (χ4v) is 0.975. The molecule has 0 saturated carbocycles. The van der Waals surface area contributed by atoms with Gasteiger partial charge < -0.3 is 10.6 Å². The van der Waals surface area contributed by atoms with Crippen molar-refractivity contribution in [3.63, 3.8) is 0 Å². The topological polar surface area (TPSA) is 41.1 Å². The second-order valence-electron chi connectivity index (χ2n) is 3.44. The number of nitrogens with one attached hydrogen (secondary N) is 2. The van der Waals surface area contributed by atoms with Crippen LogP contribution in [0, 0.1) is 5.92 Å². The van der Waals surface area contributed by atoms with Gasteiger partial charge in [-0.15, -0.1) is 0 Å². The summed E-state index contributed by atoms with van der Waals surface area (Å²) in [4.78, 5) is 11.3. The highest BCUT2D eigenvalue weighted by Gasteiger charge is 2.16. The molecule has 1 amide bonds. The molecule has 2 N–H and O–H groups in total. The van der Waals surface area contributed by atoms with E-state index in [2.05, 4.69) is 23.3 Å². The summed E-state index contributed by atoms with van der Waals surface area (Å²) < 4.78 is 0. The maximum atomic E-state index is 11.3. The highest BCUT2D eigenvalue weighted by atomic mass is 32.1. The zero-order valence-corrected chi connectivity index (χ0v) is 9.53. The molecule has 78 valence electrons. The molecule has 0 rings (SSSR count). The fraction of sp³-hybridized carbons (Fsp3) is 0.889. The number of hydrogen-bond donors (Lipinski definition) is 3. The van der Waals surface area contributed by atoms with Crippen LogP contribution in [-0.4, -0.2) is 31.3 Å². The number of carbonyl (C=O) groups excluding carboxylic acids is 1. The molecule has 0 aliphatic rings. The van der Waals surface area contributed by atoms with Crippen LogP contribution in [-0.2, 0) is 4.79 Å². The Morgan fingerprint density at radius 3 is 2.46 bits per heavy atom. The summed E-state index contributed by atoms with van der Waals surface area (Å²) in [7, 11) is 1.90. The van der Waals surface area contributed by atoms with Gasteiger partial charge in [-0.05, 0) is 25.9 Å². The predicted molar refractivity (Wildman–Crippen MR) is 59.2 cm³/mol. The van der Waals surface area contributed by atoms with Gasteiger partial charge in [0.2, 0.25) is 5.91 Å². The highest BCUT2D eigenvalue weighted by molar-refractivity contribution is 7.81. The molecule has 0 bridgehead atoms. The van der Waals surface area contributed by atoms with Crippen LogP contribution in [0.5, 0.6) is 0 Å². The maximum absolute atomic E-state index is 11.3. The molecule has 0 aromatic heterocycles. The summed E-state index contributed by atoms with van der Waals surface area (Å²) in [6.45, 7) is 5.64. The van der Waals surface area contributed by atoms with E-state index in [0.29, 0.717) is 0 Å². The van der Waals surface area contributed by atoms with Crippen LogP contribution in [0.25, 0.3) is 0 Å². The second-order valence-corrected chi connectivity index (χ2v) is 3.99. The van der Waals surface area contributed by atoms with E-state index < -0.39 is 0 Å². The van der Waals surface area contributed by atoms with Gasteiger partial charge in [-0.3, -0.25) is 4.79 Å². The normalized spacial score (nSPS) is 13.0. The zero-order chi connectivity index (χ0) is 10.3. The minimum absolute atomic E-state index is 0.0365. The van der Waals surface area contributed by atoms with E-state index in [1.165, 1.54) is 0 Å². The average Bonchev–Trinajstić information content (AvgIpc) is 2.10. The van der Waals surface area contributed by atoms with Gasteiger partial charge in [-0.1, -0.05) is 13.8 Å². The molecule has 1 unspecified atom stereocenters. The van der Waals surface area contributed by atoms with Gasteiger partial charge in [0, 0.05) is 6.54 Å². The van der Waals surface area contributed by atoms with Crippen LogP contribution in [0.4, 0.5) is 0 Å². The van der Waals surface area contributed by atoms with Gasteiger partial charge in [-0.25, -0.2) is 0 Å². The Morgan fingerprint density at radius 1 is 1.38 bits per heavy atom. The average molecular weight is 204 g/mol. The van der Waals surface area contributed by atoms with Crippen molar-refractivity contribution in [2.24, 2.45) is 5.92 Å². The van der Waals surface area contributed by atoms with Gasteiger partial charge in [-0.2, -0.15) is 12.6 Å². The van der Waals surface area contributed by atoms with Crippen molar-refractivity contribution in [3.05, 3.63) is 0 Å². The summed E-state index contributed by atoms with van der Waals surface area (Å²) in [5.41, 5.74) is 0. The molecular formula is C9H20N2OS. The summed E-state index contributed by atoms with van der Waals surface area (Å²) >= 11 is 4.22. The molecule has 0 heterocycles. The first-order chi connectivity index (χ1) is 6.09.